The Morgan fingerprint density at radius 2 is 1.92 bits per heavy atom. The van der Waals surface area contributed by atoms with Crippen molar-refractivity contribution in [1.29, 1.82) is 0 Å². The minimum Gasteiger partial charge on any atom is -0.284 e. The van der Waals surface area contributed by atoms with Gasteiger partial charge in [0.05, 0.1) is 10.9 Å². The average molecular weight is 350 g/mol. The number of fused-ring (bicyclic) bond motifs is 1. The van der Waals surface area contributed by atoms with E-state index in [0.29, 0.717) is 6.04 Å². The zero-order chi connectivity index (χ0) is 17.2. The van der Waals surface area contributed by atoms with E-state index in [1.54, 1.807) is 11.8 Å². The predicted molar refractivity (Wildman–Crippen MR) is 104 cm³/mol. The maximum absolute atomic E-state index is 13.1. The summed E-state index contributed by atoms with van der Waals surface area (Å²) in [4.78, 5) is 18.0. The minimum atomic E-state index is 0.115. The highest BCUT2D eigenvalue weighted by Crippen LogP contribution is 2.33. The van der Waals surface area contributed by atoms with Crippen LogP contribution in [-0.2, 0) is 5.75 Å². The molecule has 1 aliphatic rings. The van der Waals surface area contributed by atoms with Crippen LogP contribution in [0.15, 0.2) is 58.5 Å². The monoisotopic (exact) mass is 350 g/mol. The van der Waals surface area contributed by atoms with E-state index in [0.717, 1.165) is 34.7 Å². The van der Waals surface area contributed by atoms with E-state index in [1.807, 2.05) is 28.8 Å². The van der Waals surface area contributed by atoms with Crippen molar-refractivity contribution in [2.75, 3.05) is 0 Å². The van der Waals surface area contributed by atoms with Crippen molar-refractivity contribution in [1.82, 2.24) is 9.55 Å². The number of nitrogens with zero attached hydrogens (tertiary/aromatic N) is 2. The van der Waals surface area contributed by atoms with Gasteiger partial charge in [-0.2, -0.15) is 0 Å². The number of hydrogen-bond acceptors (Lipinski definition) is 3. The second-order valence-corrected chi connectivity index (χ2v) is 7.75. The lowest BCUT2D eigenvalue weighted by Gasteiger charge is -2.18. The number of rotatable bonds is 4. The number of benzene rings is 2. The lowest BCUT2D eigenvalue weighted by Crippen LogP contribution is -2.26. The second-order valence-electron chi connectivity index (χ2n) is 6.80. The third-order valence-corrected chi connectivity index (χ3v) is 5.94. The smallest absolute Gasteiger partial charge is 0.262 e. The van der Waals surface area contributed by atoms with Gasteiger partial charge in [-0.15, -0.1) is 0 Å². The number of aryl methyl sites for hydroxylation is 1. The van der Waals surface area contributed by atoms with E-state index in [-0.39, 0.29) is 5.56 Å². The molecule has 0 spiro atoms. The van der Waals surface area contributed by atoms with E-state index in [1.165, 1.54) is 24.0 Å². The Morgan fingerprint density at radius 1 is 1.12 bits per heavy atom. The van der Waals surface area contributed by atoms with Gasteiger partial charge in [0.2, 0.25) is 0 Å². The van der Waals surface area contributed by atoms with Crippen LogP contribution in [0.2, 0.25) is 0 Å². The highest BCUT2D eigenvalue weighted by atomic mass is 32.2. The summed E-state index contributed by atoms with van der Waals surface area (Å²) in [5, 5.41) is 1.59. The Kier molecular flexibility index (Phi) is 4.62. The van der Waals surface area contributed by atoms with Gasteiger partial charge in [0.1, 0.15) is 0 Å². The molecule has 1 aromatic heterocycles. The van der Waals surface area contributed by atoms with Gasteiger partial charge in [-0.3, -0.25) is 9.36 Å². The molecule has 0 N–H and O–H groups in total. The molecule has 0 saturated heterocycles. The number of para-hydroxylation sites is 1. The van der Waals surface area contributed by atoms with Gasteiger partial charge < -0.3 is 0 Å². The van der Waals surface area contributed by atoms with Gasteiger partial charge in [-0.25, -0.2) is 4.98 Å². The van der Waals surface area contributed by atoms with Gasteiger partial charge in [0.15, 0.2) is 5.16 Å². The summed E-state index contributed by atoms with van der Waals surface area (Å²) in [6, 6.07) is 16.5. The lowest BCUT2D eigenvalue weighted by molar-refractivity contribution is 0.457. The summed E-state index contributed by atoms with van der Waals surface area (Å²) in [5.74, 6) is 0.833. The number of hydrogen-bond donors (Lipinski definition) is 0. The van der Waals surface area contributed by atoms with E-state index >= 15 is 0 Å². The fourth-order valence-electron chi connectivity index (χ4n) is 3.66. The van der Waals surface area contributed by atoms with Crippen LogP contribution in [0.1, 0.15) is 42.9 Å². The van der Waals surface area contributed by atoms with E-state index in [9.17, 15) is 4.79 Å². The highest BCUT2D eigenvalue weighted by molar-refractivity contribution is 7.98. The van der Waals surface area contributed by atoms with Crippen LogP contribution in [0.4, 0.5) is 0 Å². The first-order valence-corrected chi connectivity index (χ1v) is 9.90. The zero-order valence-electron chi connectivity index (χ0n) is 14.4. The summed E-state index contributed by atoms with van der Waals surface area (Å²) in [6.07, 6.45) is 4.56. The molecule has 0 aliphatic heterocycles. The summed E-state index contributed by atoms with van der Waals surface area (Å²) in [5.41, 5.74) is 3.45. The first-order valence-electron chi connectivity index (χ1n) is 8.92. The van der Waals surface area contributed by atoms with E-state index < -0.39 is 0 Å². The van der Waals surface area contributed by atoms with Gasteiger partial charge in [0, 0.05) is 11.8 Å². The first kappa shape index (κ1) is 16.4. The van der Waals surface area contributed by atoms with Gasteiger partial charge in [-0.1, -0.05) is 66.6 Å². The van der Waals surface area contributed by atoms with E-state index in [2.05, 4.69) is 31.2 Å². The maximum atomic E-state index is 13.1. The Labute approximate surface area is 152 Å². The zero-order valence-corrected chi connectivity index (χ0v) is 15.3. The fourth-order valence-corrected chi connectivity index (χ4v) is 4.67. The molecule has 0 radical (unpaired) electrons. The summed E-state index contributed by atoms with van der Waals surface area (Å²) < 4.78 is 1.97. The molecule has 4 heteroatoms. The van der Waals surface area contributed by atoms with Crippen LogP contribution in [-0.4, -0.2) is 9.55 Å². The topological polar surface area (TPSA) is 34.9 Å². The molecule has 0 amide bonds. The van der Waals surface area contributed by atoms with Crippen molar-refractivity contribution in [2.45, 2.75) is 49.6 Å². The molecule has 0 unspecified atom stereocenters. The maximum Gasteiger partial charge on any atom is 0.262 e. The highest BCUT2D eigenvalue weighted by Gasteiger charge is 2.22. The van der Waals surface area contributed by atoms with Crippen LogP contribution in [0.5, 0.6) is 0 Å². The molecule has 3 nitrogen and oxygen atoms in total. The van der Waals surface area contributed by atoms with Crippen molar-refractivity contribution in [3.63, 3.8) is 0 Å². The predicted octanol–water partition coefficient (Wildman–Crippen LogP) is 5.11. The SMILES string of the molecule is Cc1cccc(CSc2nc3ccccc3c(=O)n2C2CCCC2)c1. The molecule has 1 aliphatic carbocycles. The summed E-state index contributed by atoms with van der Waals surface area (Å²) in [7, 11) is 0. The molecule has 0 bridgehead atoms. The summed E-state index contributed by atoms with van der Waals surface area (Å²) in [6.45, 7) is 2.11. The Bertz CT molecular complexity index is 958. The molecule has 4 rings (SSSR count). The second kappa shape index (κ2) is 7.04. The minimum absolute atomic E-state index is 0.115. The van der Waals surface area contributed by atoms with Crippen LogP contribution in [0.3, 0.4) is 0 Å². The van der Waals surface area contributed by atoms with Crippen molar-refractivity contribution in [3.05, 3.63) is 70.0 Å². The standard InChI is InChI=1S/C21H22N2OS/c1-15-7-6-8-16(13-15)14-25-21-22-19-12-5-4-11-18(19)20(24)23(21)17-9-2-3-10-17/h4-8,11-13,17H,2-3,9-10,14H2,1H3. The van der Waals surface area contributed by atoms with Crippen molar-refractivity contribution in [3.8, 4) is 0 Å². The third kappa shape index (κ3) is 3.36. The molecule has 1 saturated carbocycles. The van der Waals surface area contributed by atoms with Gasteiger partial charge in [0.25, 0.3) is 5.56 Å². The molecule has 128 valence electrons. The molecule has 25 heavy (non-hydrogen) atoms. The van der Waals surface area contributed by atoms with Crippen LogP contribution in [0.25, 0.3) is 10.9 Å². The first-order chi connectivity index (χ1) is 12.2. The molecule has 2 aromatic carbocycles. The Hall–Kier alpha value is -2.07. The third-order valence-electron chi connectivity index (χ3n) is 4.92. The summed E-state index contributed by atoms with van der Waals surface area (Å²) >= 11 is 1.68. The molecular formula is C21H22N2OS. The van der Waals surface area contributed by atoms with Crippen LogP contribution >= 0.6 is 11.8 Å². The largest absolute Gasteiger partial charge is 0.284 e. The van der Waals surface area contributed by atoms with Crippen molar-refractivity contribution >= 4 is 22.7 Å². The molecule has 3 aromatic rings. The lowest BCUT2D eigenvalue weighted by atomic mass is 10.2. The van der Waals surface area contributed by atoms with Gasteiger partial charge in [-0.05, 0) is 37.5 Å². The molecular weight excluding hydrogens is 328 g/mol. The fraction of sp³-hybridized carbons (Fsp3) is 0.333. The normalized spacial score (nSPS) is 15.1. The molecule has 1 heterocycles. The quantitative estimate of drug-likeness (QED) is 0.484. The van der Waals surface area contributed by atoms with Crippen LogP contribution < -0.4 is 5.56 Å². The molecule has 0 atom stereocenters. The number of thioether (sulfide) groups is 1. The van der Waals surface area contributed by atoms with E-state index in [4.69, 9.17) is 4.98 Å². The van der Waals surface area contributed by atoms with Crippen molar-refractivity contribution < 1.29 is 0 Å². The Morgan fingerprint density at radius 3 is 2.72 bits per heavy atom. The average Bonchev–Trinajstić information content (AvgIpc) is 3.14. The number of aromatic nitrogens is 2. The van der Waals surface area contributed by atoms with Gasteiger partial charge >= 0.3 is 0 Å². The van der Waals surface area contributed by atoms with Crippen molar-refractivity contribution in [2.24, 2.45) is 0 Å². The molecule has 1 fully saturated rings. The van der Waals surface area contributed by atoms with Crippen LogP contribution in [0, 0.1) is 6.92 Å². The Balaban J connectivity index is 1.75.